The van der Waals surface area contributed by atoms with Crippen molar-refractivity contribution < 1.29 is 27.8 Å². The lowest BCUT2D eigenvalue weighted by atomic mass is 9.78. The highest BCUT2D eigenvalue weighted by Gasteiger charge is 2.41. The van der Waals surface area contributed by atoms with Crippen LogP contribution in [0.25, 0.3) is 16.6 Å². The van der Waals surface area contributed by atoms with Gasteiger partial charge in [0.1, 0.15) is 22.8 Å². The van der Waals surface area contributed by atoms with Crippen LogP contribution in [0.3, 0.4) is 0 Å². The van der Waals surface area contributed by atoms with Crippen molar-refractivity contribution in [3.8, 4) is 11.1 Å². The van der Waals surface area contributed by atoms with Gasteiger partial charge in [0.2, 0.25) is 5.95 Å². The molecule has 5 heterocycles. The Kier molecular flexibility index (Phi) is 9.56. The number of pyridine rings is 1. The van der Waals surface area contributed by atoms with Crippen LogP contribution in [0.1, 0.15) is 82.0 Å². The van der Waals surface area contributed by atoms with E-state index >= 15 is 4.39 Å². The van der Waals surface area contributed by atoms with Crippen LogP contribution in [-0.4, -0.2) is 99.7 Å². The Morgan fingerprint density at radius 2 is 1.75 bits per heavy atom. The summed E-state index contributed by atoms with van der Waals surface area (Å²) in [7, 11) is 0. The van der Waals surface area contributed by atoms with Crippen molar-refractivity contribution in [3.05, 3.63) is 59.2 Å². The van der Waals surface area contributed by atoms with Crippen LogP contribution in [0.15, 0.2) is 30.5 Å². The summed E-state index contributed by atoms with van der Waals surface area (Å²) >= 11 is 0. The summed E-state index contributed by atoms with van der Waals surface area (Å²) in [5.41, 5.74) is 2.01. The quantitative estimate of drug-likeness (QED) is 0.299. The number of aromatic nitrogens is 2. The average molecular weight is 666 g/mol. The zero-order valence-corrected chi connectivity index (χ0v) is 29.3. The third-order valence-electron chi connectivity index (χ3n) is 10.2. The van der Waals surface area contributed by atoms with Gasteiger partial charge in [0.05, 0.1) is 24.8 Å². The number of likely N-dealkylation sites (tertiary alicyclic amines) is 2. The first-order valence-corrected chi connectivity index (χ1v) is 17.3. The van der Waals surface area contributed by atoms with Crippen molar-refractivity contribution in [1.82, 2.24) is 24.1 Å². The SMILES string of the molecule is Cc1nc(F)c2c(-c3ccc(F)cc3C(=O)N3CCOC[C@H]3C)cc(C3CN([C@H](C(C)C)C4CCN(C(=O)OC(C)(C)C)CC4)C3)cn12. The minimum Gasteiger partial charge on any atom is -0.444 e. The molecule has 3 saturated heterocycles. The van der Waals surface area contributed by atoms with E-state index in [1.54, 1.807) is 22.3 Å². The Hall–Kier alpha value is -3.57. The molecule has 2 aromatic heterocycles. The molecule has 0 saturated carbocycles. The highest BCUT2D eigenvalue weighted by molar-refractivity contribution is 6.03. The molecule has 0 radical (unpaired) electrons. The zero-order valence-electron chi connectivity index (χ0n) is 29.3. The number of morpholine rings is 1. The highest BCUT2D eigenvalue weighted by Crippen LogP contribution is 2.40. The maximum Gasteiger partial charge on any atom is 0.410 e. The molecule has 1 aromatic carbocycles. The van der Waals surface area contributed by atoms with E-state index in [0.717, 1.165) is 31.5 Å². The molecule has 48 heavy (non-hydrogen) atoms. The molecule has 0 aliphatic carbocycles. The van der Waals surface area contributed by atoms with E-state index in [2.05, 4.69) is 23.7 Å². The fraction of sp³-hybridized carbons (Fsp3) is 0.595. The van der Waals surface area contributed by atoms with Crippen LogP contribution in [0.4, 0.5) is 13.6 Å². The standard InChI is InChI=1S/C37H49F2N5O4/c1-22(2)32(25-10-12-41(13-11-25)36(46)48-37(5,6)7)42-18-27(19-42)26-16-30(33-34(39)40-24(4)44(33)20-26)29-9-8-28(38)17-31(29)35(45)43-14-15-47-21-23(43)3/h8-9,16-17,20,22-23,25,27,32H,10-15,18-19,21H2,1-7H3/t23-,32-/m1/s1. The number of carbonyl (C=O) groups is 2. The number of fused-ring (bicyclic) bond motifs is 1. The van der Waals surface area contributed by atoms with Gasteiger partial charge in [-0.25, -0.2) is 14.2 Å². The maximum absolute atomic E-state index is 15.5. The molecule has 0 bridgehead atoms. The monoisotopic (exact) mass is 665 g/mol. The molecule has 0 N–H and O–H groups in total. The molecule has 0 spiro atoms. The van der Waals surface area contributed by atoms with E-state index < -0.39 is 17.4 Å². The molecule has 9 nitrogen and oxygen atoms in total. The van der Waals surface area contributed by atoms with E-state index in [4.69, 9.17) is 9.47 Å². The van der Waals surface area contributed by atoms with Crippen molar-refractivity contribution >= 4 is 17.5 Å². The van der Waals surface area contributed by atoms with Gasteiger partial charge in [-0.3, -0.25) is 9.69 Å². The summed E-state index contributed by atoms with van der Waals surface area (Å²) in [6, 6.07) is 6.34. The number of carbonyl (C=O) groups excluding carboxylic acids is 2. The second kappa shape index (κ2) is 13.4. The van der Waals surface area contributed by atoms with Crippen molar-refractivity contribution in [2.75, 3.05) is 45.9 Å². The Balaban J connectivity index is 1.25. The van der Waals surface area contributed by atoms with Gasteiger partial charge in [-0.15, -0.1) is 0 Å². The normalized spacial score (nSPS) is 20.8. The molecule has 3 aliphatic rings. The fourth-order valence-corrected chi connectivity index (χ4v) is 7.85. The Morgan fingerprint density at radius 1 is 1.04 bits per heavy atom. The van der Waals surface area contributed by atoms with Crippen molar-refractivity contribution in [3.63, 3.8) is 0 Å². The Morgan fingerprint density at radius 3 is 2.40 bits per heavy atom. The second-order valence-electron chi connectivity index (χ2n) is 15.2. The number of piperidine rings is 1. The van der Waals surface area contributed by atoms with E-state index in [1.807, 2.05) is 44.9 Å². The van der Waals surface area contributed by atoms with Gasteiger partial charge < -0.3 is 23.7 Å². The molecule has 3 aromatic rings. The molecular weight excluding hydrogens is 616 g/mol. The predicted molar refractivity (Wildman–Crippen MR) is 180 cm³/mol. The highest BCUT2D eigenvalue weighted by atomic mass is 19.1. The molecule has 2 amide bonds. The van der Waals surface area contributed by atoms with Crippen molar-refractivity contribution in [2.24, 2.45) is 11.8 Å². The number of hydrogen-bond donors (Lipinski definition) is 0. The van der Waals surface area contributed by atoms with E-state index in [1.165, 1.54) is 12.1 Å². The maximum atomic E-state index is 15.5. The molecule has 0 unspecified atom stereocenters. The topological polar surface area (TPSA) is 79.6 Å². The number of amides is 2. The fourth-order valence-electron chi connectivity index (χ4n) is 7.85. The summed E-state index contributed by atoms with van der Waals surface area (Å²) in [5, 5.41) is 0. The van der Waals surface area contributed by atoms with Gasteiger partial charge in [-0.1, -0.05) is 19.9 Å². The minimum absolute atomic E-state index is 0.165. The average Bonchev–Trinajstić information content (AvgIpc) is 3.29. The van der Waals surface area contributed by atoms with Gasteiger partial charge in [0, 0.05) is 56.4 Å². The van der Waals surface area contributed by atoms with Crippen LogP contribution in [-0.2, 0) is 9.47 Å². The largest absolute Gasteiger partial charge is 0.444 e. The molecule has 3 fully saturated rings. The number of hydrogen-bond acceptors (Lipinski definition) is 6. The summed E-state index contributed by atoms with van der Waals surface area (Å²) in [6.07, 6.45) is 3.57. The van der Waals surface area contributed by atoms with Gasteiger partial charge >= 0.3 is 6.09 Å². The zero-order chi connectivity index (χ0) is 34.5. The number of ether oxygens (including phenoxy) is 2. The lowest BCUT2D eigenvalue weighted by Crippen LogP contribution is -2.57. The second-order valence-corrected chi connectivity index (χ2v) is 15.2. The van der Waals surface area contributed by atoms with E-state index in [-0.39, 0.29) is 35.0 Å². The first kappa shape index (κ1) is 34.3. The van der Waals surface area contributed by atoms with Crippen LogP contribution < -0.4 is 0 Å². The number of benzene rings is 1. The number of halogens is 2. The lowest BCUT2D eigenvalue weighted by molar-refractivity contribution is -0.00626. The van der Waals surface area contributed by atoms with Crippen LogP contribution in [0, 0.1) is 30.5 Å². The van der Waals surface area contributed by atoms with E-state index in [0.29, 0.717) is 67.7 Å². The number of imidazole rings is 1. The van der Waals surface area contributed by atoms with Crippen LogP contribution in [0.2, 0.25) is 0 Å². The predicted octanol–water partition coefficient (Wildman–Crippen LogP) is 6.52. The molecule has 11 heteroatoms. The third kappa shape index (κ3) is 6.81. The molecule has 6 rings (SSSR count). The van der Waals surface area contributed by atoms with Crippen molar-refractivity contribution in [1.29, 1.82) is 0 Å². The first-order valence-electron chi connectivity index (χ1n) is 17.3. The smallest absolute Gasteiger partial charge is 0.410 e. The summed E-state index contributed by atoms with van der Waals surface area (Å²) < 4.78 is 43.1. The lowest BCUT2D eigenvalue weighted by Gasteiger charge is -2.50. The molecule has 3 aliphatic heterocycles. The number of rotatable bonds is 6. The van der Waals surface area contributed by atoms with Crippen LogP contribution in [0.5, 0.6) is 0 Å². The third-order valence-corrected chi connectivity index (χ3v) is 10.2. The summed E-state index contributed by atoms with van der Waals surface area (Å²) in [4.78, 5) is 36.8. The number of nitrogens with zero attached hydrogens (tertiary/aromatic N) is 5. The molecular formula is C37H49F2N5O4. The number of aryl methyl sites for hydroxylation is 1. The van der Waals surface area contributed by atoms with Gasteiger partial charge in [0.15, 0.2) is 0 Å². The van der Waals surface area contributed by atoms with Gasteiger partial charge in [0.25, 0.3) is 5.91 Å². The minimum atomic E-state index is -0.621. The first-order chi connectivity index (χ1) is 22.7. The Labute approximate surface area is 282 Å². The van der Waals surface area contributed by atoms with Gasteiger partial charge in [-0.05, 0) is 88.6 Å². The summed E-state index contributed by atoms with van der Waals surface area (Å²) in [6.45, 7) is 18.2. The van der Waals surface area contributed by atoms with E-state index in [9.17, 15) is 14.0 Å². The Bertz CT molecular complexity index is 1670. The van der Waals surface area contributed by atoms with Crippen molar-refractivity contribution in [2.45, 2.75) is 84.9 Å². The van der Waals surface area contributed by atoms with Gasteiger partial charge in [-0.2, -0.15) is 4.39 Å². The molecule has 2 atom stereocenters. The van der Waals surface area contributed by atoms with Crippen LogP contribution >= 0.6 is 0 Å². The molecule has 260 valence electrons. The summed E-state index contributed by atoms with van der Waals surface area (Å²) in [5.74, 6) is 0.157.